The first-order valence-corrected chi connectivity index (χ1v) is 13.3. The minimum atomic E-state index is -3.68. The van der Waals surface area contributed by atoms with Crippen molar-refractivity contribution >= 4 is 27.6 Å². The number of sulfonamides is 1. The molecule has 0 amide bonds. The standard InChI is InChI=1S/C22H31ClFN5O5S/c1-14-10-29(35(32,33)8-6-18(31)34-13-22(2,11-25)12-30)7-5-16(14)19-20(23)28-21(27-19)17-4-3-15(24)9-26-17/h3-4,9,14,16,30H,5-8,10-13,25H2,1-2H3,(H,27,28)/t14-,16+,22?/m0/s1. The number of aromatic nitrogens is 3. The van der Waals surface area contributed by atoms with Gasteiger partial charge in [0.15, 0.2) is 11.0 Å². The molecule has 1 unspecified atom stereocenters. The van der Waals surface area contributed by atoms with Gasteiger partial charge in [-0.1, -0.05) is 25.4 Å². The SMILES string of the molecule is C[C@H]1CN(S(=O)(=O)CCC(=O)OCC(C)(CN)CO)CC[C@H]1c1[nH]c(-c2ccc(F)cn2)nc1Cl. The summed E-state index contributed by atoms with van der Waals surface area (Å²) >= 11 is 6.37. The Labute approximate surface area is 209 Å². The summed E-state index contributed by atoms with van der Waals surface area (Å²) in [5, 5.41) is 9.61. The van der Waals surface area contributed by atoms with E-state index in [0.29, 0.717) is 23.6 Å². The number of nitrogens with one attached hydrogen (secondary N) is 1. The Hall–Kier alpha value is -2.12. The lowest BCUT2D eigenvalue weighted by molar-refractivity contribution is -0.147. The molecule has 3 heterocycles. The number of aliphatic hydroxyl groups is 1. The zero-order chi connectivity index (χ0) is 25.8. The van der Waals surface area contributed by atoms with Crippen molar-refractivity contribution in [2.45, 2.75) is 32.6 Å². The Balaban J connectivity index is 1.58. The van der Waals surface area contributed by atoms with E-state index in [1.165, 1.54) is 16.4 Å². The highest BCUT2D eigenvalue weighted by Gasteiger charge is 2.35. The Morgan fingerprint density at radius 1 is 1.46 bits per heavy atom. The fraction of sp³-hybridized carbons (Fsp3) is 0.591. The number of H-pyrrole nitrogens is 1. The summed E-state index contributed by atoms with van der Waals surface area (Å²) in [5.41, 5.74) is 5.95. The van der Waals surface area contributed by atoms with Gasteiger partial charge in [-0.25, -0.2) is 27.1 Å². The number of esters is 1. The van der Waals surface area contributed by atoms with Gasteiger partial charge in [-0.15, -0.1) is 0 Å². The minimum absolute atomic E-state index is 0.0620. The highest BCUT2D eigenvalue weighted by Crippen LogP contribution is 2.37. The Morgan fingerprint density at radius 2 is 2.20 bits per heavy atom. The predicted molar refractivity (Wildman–Crippen MR) is 128 cm³/mol. The summed E-state index contributed by atoms with van der Waals surface area (Å²) < 4.78 is 45.4. The molecule has 2 aromatic heterocycles. The van der Waals surface area contributed by atoms with E-state index in [-0.39, 0.29) is 62.0 Å². The van der Waals surface area contributed by atoms with E-state index >= 15 is 0 Å². The van der Waals surface area contributed by atoms with Crippen LogP contribution in [0.2, 0.25) is 5.15 Å². The molecule has 0 bridgehead atoms. The first kappa shape index (κ1) is 27.5. The number of carbonyl (C=O) groups excluding carboxylic acids is 1. The number of aromatic amines is 1. The van der Waals surface area contributed by atoms with E-state index in [4.69, 9.17) is 22.1 Å². The van der Waals surface area contributed by atoms with Gasteiger partial charge in [0.25, 0.3) is 0 Å². The van der Waals surface area contributed by atoms with Crippen LogP contribution in [0.4, 0.5) is 4.39 Å². The zero-order valence-corrected chi connectivity index (χ0v) is 21.3. The third-order valence-corrected chi connectivity index (χ3v) is 8.43. The summed E-state index contributed by atoms with van der Waals surface area (Å²) in [6.45, 7) is 3.93. The van der Waals surface area contributed by atoms with Crippen LogP contribution in [0.1, 0.15) is 38.3 Å². The number of hydrogen-bond acceptors (Lipinski definition) is 8. The topological polar surface area (TPSA) is 152 Å². The molecule has 0 radical (unpaired) electrons. The molecule has 1 fully saturated rings. The molecule has 2 aromatic rings. The van der Waals surface area contributed by atoms with Gasteiger partial charge in [-0.2, -0.15) is 0 Å². The van der Waals surface area contributed by atoms with Gasteiger partial charge in [-0.05, 0) is 24.5 Å². The number of hydrogen-bond donors (Lipinski definition) is 3. The largest absolute Gasteiger partial charge is 0.465 e. The van der Waals surface area contributed by atoms with Crippen LogP contribution in [-0.2, 0) is 19.6 Å². The number of pyridine rings is 1. The van der Waals surface area contributed by atoms with Crippen molar-refractivity contribution in [3.63, 3.8) is 0 Å². The van der Waals surface area contributed by atoms with Crippen molar-refractivity contribution in [2.75, 3.05) is 38.6 Å². The van der Waals surface area contributed by atoms with Gasteiger partial charge in [0, 0.05) is 31.0 Å². The third kappa shape index (κ3) is 6.76. The molecule has 0 spiro atoms. The fourth-order valence-electron chi connectivity index (χ4n) is 3.87. The van der Waals surface area contributed by atoms with E-state index in [2.05, 4.69) is 15.0 Å². The summed E-state index contributed by atoms with van der Waals surface area (Å²) in [4.78, 5) is 23.5. The number of nitrogens with two attached hydrogens (primary N) is 1. The van der Waals surface area contributed by atoms with Gasteiger partial charge >= 0.3 is 5.97 Å². The minimum Gasteiger partial charge on any atom is -0.465 e. The zero-order valence-electron chi connectivity index (χ0n) is 19.7. The molecule has 1 saturated heterocycles. The van der Waals surface area contributed by atoms with Gasteiger partial charge in [0.2, 0.25) is 10.0 Å². The molecule has 194 valence electrons. The molecule has 35 heavy (non-hydrogen) atoms. The smallest absolute Gasteiger partial charge is 0.306 e. The van der Waals surface area contributed by atoms with Crippen LogP contribution in [0.15, 0.2) is 18.3 Å². The lowest BCUT2D eigenvalue weighted by Gasteiger charge is -2.35. The number of carbonyl (C=O) groups is 1. The van der Waals surface area contributed by atoms with E-state index < -0.39 is 27.2 Å². The lowest BCUT2D eigenvalue weighted by Crippen LogP contribution is -2.43. The summed E-state index contributed by atoms with van der Waals surface area (Å²) in [6, 6.07) is 2.78. The average Bonchev–Trinajstić information content (AvgIpc) is 3.22. The monoisotopic (exact) mass is 531 g/mol. The van der Waals surface area contributed by atoms with E-state index in [0.717, 1.165) is 6.20 Å². The fourth-order valence-corrected chi connectivity index (χ4v) is 5.68. The number of imidazole rings is 1. The number of nitrogens with zero attached hydrogens (tertiary/aromatic N) is 3. The van der Waals surface area contributed by atoms with Crippen LogP contribution < -0.4 is 5.73 Å². The van der Waals surface area contributed by atoms with Gasteiger partial charge in [-0.3, -0.25) is 4.79 Å². The van der Waals surface area contributed by atoms with Crippen LogP contribution in [0, 0.1) is 17.2 Å². The molecule has 4 N–H and O–H groups in total. The molecule has 3 atom stereocenters. The Kier molecular flexibility index (Phi) is 8.86. The second-order valence-corrected chi connectivity index (χ2v) is 11.7. The second kappa shape index (κ2) is 11.3. The maximum atomic E-state index is 13.2. The van der Waals surface area contributed by atoms with Crippen LogP contribution >= 0.6 is 11.6 Å². The van der Waals surface area contributed by atoms with Gasteiger partial charge in [0.1, 0.15) is 18.1 Å². The van der Waals surface area contributed by atoms with Crippen molar-refractivity contribution < 1.29 is 27.4 Å². The molecule has 3 rings (SSSR count). The molecule has 0 aromatic carbocycles. The normalized spacial score (nSPS) is 21.0. The maximum Gasteiger partial charge on any atom is 0.306 e. The molecule has 10 nitrogen and oxygen atoms in total. The van der Waals surface area contributed by atoms with Crippen LogP contribution in [-0.4, -0.2) is 77.4 Å². The Morgan fingerprint density at radius 3 is 2.80 bits per heavy atom. The first-order chi connectivity index (χ1) is 16.5. The first-order valence-electron chi connectivity index (χ1n) is 11.3. The molecule has 0 aliphatic carbocycles. The summed E-state index contributed by atoms with van der Waals surface area (Å²) in [6.07, 6.45) is 1.31. The number of ether oxygens (including phenoxy) is 1. The predicted octanol–water partition coefficient (Wildman–Crippen LogP) is 1.91. The summed E-state index contributed by atoms with van der Waals surface area (Å²) in [5.74, 6) is -1.21. The van der Waals surface area contributed by atoms with E-state index in [1.54, 1.807) is 6.92 Å². The molecule has 1 aliphatic heterocycles. The highest BCUT2D eigenvalue weighted by molar-refractivity contribution is 7.89. The third-order valence-electron chi connectivity index (χ3n) is 6.31. The van der Waals surface area contributed by atoms with Crippen LogP contribution in [0.3, 0.4) is 0 Å². The number of rotatable bonds is 10. The molecule has 1 aliphatic rings. The van der Waals surface area contributed by atoms with Crippen LogP contribution in [0.5, 0.6) is 0 Å². The highest BCUT2D eigenvalue weighted by atomic mass is 35.5. The second-order valence-electron chi connectivity index (χ2n) is 9.28. The molecule has 13 heteroatoms. The van der Waals surface area contributed by atoms with Crippen molar-refractivity contribution in [3.8, 4) is 11.5 Å². The van der Waals surface area contributed by atoms with E-state index in [1.807, 2.05) is 6.92 Å². The number of piperidine rings is 1. The maximum absolute atomic E-state index is 13.2. The Bertz CT molecular complexity index is 1120. The van der Waals surface area contributed by atoms with Crippen molar-refractivity contribution in [1.29, 1.82) is 0 Å². The quantitative estimate of drug-likeness (QED) is 0.393. The molecule has 0 saturated carbocycles. The average molecular weight is 532 g/mol. The molecular formula is C22H31ClFN5O5S. The van der Waals surface area contributed by atoms with Crippen molar-refractivity contribution in [2.24, 2.45) is 17.1 Å². The summed E-state index contributed by atoms with van der Waals surface area (Å²) in [7, 11) is -3.68. The van der Waals surface area contributed by atoms with Gasteiger partial charge < -0.3 is 20.6 Å². The van der Waals surface area contributed by atoms with Crippen molar-refractivity contribution in [1.82, 2.24) is 19.3 Å². The number of halogens is 2. The number of aliphatic hydroxyl groups excluding tert-OH is 1. The van der Waals surface area contributed by atoms with Crippen molar-refractivity contribution in [3.05, 3.63) is 35.0 Å². The molecular weight excluding hydrogens is 501 g/mol. The van der Waals surface area contributed by atoms with Crippen LogP contribution in [0.25, 0.3) is 11.5 Å². The van der Waals surface area contributed by atoms with Gasteiger partial charge in [0.05, 0.1) is 30.7 Å². The van der Waals surface area contributed by atoms with E-state index in [9.17, 15) is 22.7 Å². The lowest BCUT2D eigenvalue weighted by atomic mass is 9.86.